The van der Waals surface area contributed by atoms with E-state index >= 15 is 0 Å². The summed E-state index contributed by atoms with van der Waals surface area (Å²) in [6, 6.07) is 12.9. The van der Waals surface area contributed by atoms with Gasteiger partial charge < -0.3 is 19.4 Å². The molecule has 1 aromatic heterocycles. The SMILES string of the molecule is CCOc1cc2c(cc1OCC)-n1cccc1C(c1ccc(C(F)(F)F)cc1)NC2. The maximum absolute atomic E-state index is 13.0. The van der Waals surface area contributed by atoms with Gasteiger partial charge in [-0.1, -0.05) is 12.1 Å². The third-order valence-electron chi connectivity index (χ3n) is 5.15. The Balaban J connectivity index is 1.76. The topological polar surface area (TPSA) is 35.4 Å². The van der Waals surface area contributed by atoms with E-state index in [0.29, 0.717) is 31.3 Å². The third kappa shape index (κ3) is 3.77. The van der Waals surface area contributed by atoms with Crippen LogP contribution in [0.3, 0.4) is 0 Å². The van der Waals surface area contributed by atoms with Gasteiger partial charge in [-0.15, -0.1) is 0 Å². The molecule has 0 saturated carbocycles. The zero-order valence-corrected chi connectivity index (χ0v) is 16.8. The molecule has 1 aliphatic heterocycles. The smallest absolute Gasteiger partial charge is 0.416 e. The lowest BCUT2D eigenvalue weighted by molar-refractivity contribution is -0.137. The number of fused-ring (bicyclic) bond motifs is 3. The van der Waals surface area contributed by atoms with Crippen LogP contribution >= 0.6 is 0 Å². The van der Waals surface area contributed by atoms with Gasteiger partial charge >= 0.3 is 6.18 Å². The summed E-state index contributed by atoms with van der Waals surface area (Å²) in [6.07, 6.45) is -2.40. The minimum atomic E-state index is -4.35. The van der Waals surface area contributed by atoms with Crippen LogP contribution in [0.1, 0.15) is 42.3 Å². The first kappa shape index (κ1) is 20.3. The van der Waals surface area contributed by atoms with Crippen LogP contribution < -0.4 is 14.8 Å². The Hall–Kier alpha value is -2.93. The molecule has 4 rings (SSSR count). The fourth-order valence-electron chi connectivity index (χ4n) is 3.81. The van der Waals surface area contributed by atoms with E-state index in [1.807, 2.05) is 44.3 Å². The molecule has 0 amide bonds. The summed E-state index contributed by atoms with van der Waals surface area (Å²) in [4.78, 5) is 0. The standard InChI is InChI=1S/C23H23F3N2O2/c1-3-29-20-12-16-14-27-22(15-7-9-17(10-8-15)23(24,25)26)18-6-5-11-28(18)19(16)13-21(20)30-4-2/h5-13,22,27H,3-4,14H2,1-2H3. The van der Waals surface area contributed by atoms with Gasteiger partial charge in [0.05, 0.1) is 30.5 Å². The molecule has 1 atom stereocenters. The number of nitrogens with one attached hydrogen (secondary N) is 1. The van der Waals surface area contributed by atoms with Gasteiger partial charge in [0.2, 0.25) is 0 Å². The minimum absolute atomic E-state index is 0.249. The molecular formula is C23H23F3N2O2. The van der Waals surface area contributed by atoms with Crippen LogP contribution in [-0.2, 0) is 12.7 Å². The number of ether oxygens (including phenoxy) is 2. The highest BCUT2D eigenvalue weighted by molar-refractivity contribution is 5.56. The van der Waals surface area contributed by atoms with E-state index in [9.17, 15) is 13.2 Å². The van der Waals surface area contributed by atoms with Gasteiger partial charge in [0.15, 0.2) is 11.5 Å². The highest BCUT2D eigenvalue weighted by atomic mass is 19.4. The number of benzene rings is 2. The molecule has 0 radical (unpaired) electrons. The molecule has 0 spiro atoms. The minimum Gasteiger partial charge on any atom is -0.490 e. The quantitative estimate of drug-likeness (QED) is 0.598. The van der Waals surface area contributed by atoms with E-state index in [1.165, 1.54) is 12.1 Å². The van der Waals surface area contributed by atoms with Crippen LogP contribution in [0.5, 0.6) is 11.5 Å². The van der Waals surface area contributed by atoms with Gasteiger partial charge in [-0.25, -0.2) is 0 Å². The van der Waals surface area contributed by atoms with E-state index in [4.69, 9.17) is 9.47 Å². The van der Waals surface area contributed by atoms with E-state index in [0.717, 1.165) is 34.6 Å². The Morgan fingerprint density at radius 3 is 2.30 bits per heavy atom. The van der Waals surface area contributed by atoms with Gasteiger partial charge in [-0.3, -0.25) is 0 Å². The van der Waals surface area contributed by atoms with Gasteiger partial charge in [0.1, 0.15) is 0 Å². The molecule has 2 aromatic carbocycles. The molecule has 0 aliphatic carbocycles. The van der Waals surface area contributed by atoms with Crippen LogP contribution in [-0.4, -0.2) is 17.8 Å². The first-order valence-electron chi connectivity index (χ1n) is 9.93. The maximum Gasteiger partial charge on any atom is 0.416 e. The van der Waals surface area contributed by atoms with Crippen LogP contribution in [0.4, 0.5) is 13.2 Å². The predicted molar refractivity (Wildman–Crippen MR) is 108 cm³/mol. The Labute approximate surface area is 173 Å². The summed E-state index contributed by atoms with van der Waals surface area (Å²) in [7, 11) is 0. The van der Waals surface area contributed by atoms with Crippen molar-refractivity contribution in [3.8, 4) is 17.2 Å². The number of alkyl halides is 3. The lowest BCUT2D eigenvalue weighted by atomic mass is 10.0. The highest BCUT2D eigenvalue weighted by Crippen LogP contribution is 2.38. The Morgan fingerprint density at radius 2 is 1.67 bits per heavy atom. The molecule has 2 heterocycles. The fraction of sp³-hybridized carbons (Fsp3) is 0.304. The van der Waals surface area contributed by atoms with Gasteiger partial charge in [0, 0.05) is 24.5 Å². The second-order valence-corrected chi connectivity index (χ2v) is 7.03. The molecule has 7 heteroatoms. The number of rotatable bonds is 5. The van der Waals surface area contributed by atoms with Crippen LogP contribution in [0.15, 0.2) is 54.7 Å². The second kappa shape index (κ2) is 8.07. The lowest BCUT2D eigenvalue weighted by Crippen LogP contribution is -2.21. The Morgan fingerprint density at radius 1 is 1.00 bits per heavy atom. The summed E-state index contributed by atoms with van der Waals surface area (Å²) in [5.41, 5.74) is 3.05. The van der Waals surface area contributed by atoms with Crippen molar-refractivity contribution in [2.24, 2.45) is 0 Å². The van der Waals surface area contributed by atoms with Crippen molar-refractivity contribution in [2.75, 3.05) is 13.2 Å². The summed E-state index contributed by atoms with van der Waals surface area (Å²) < 4.78 is 52.4. The number of hydrogen-bond donors (Lipinski definition) is 1. The third-order valence-corrected chi connectivity index (χ3v) is 5.15. The zero-order chi connectivity index (χ0) is 21.3. The maximum atomic E-state index is 13.0. The molecule has 1 unspecified atom stereocenters. The first-order valence-corrected chi connectivity index (χ1v) is 9.93. The van der Waals surface area contributed by atoms with E-state index in [2.05, 4.69) is 9.88 Å². The molecule has 0 fully saturated rings. The summed E-state index contributed by atoms with van der Waals surface area (Å²) in [5, 5.41) is 3.48. The largest absolute Gasteiger partial charge is 0.490 e. The molecule has 4 nitrogen and oxygen atoms in total. The van der Waals surface area contributed by atoms with Crippen molar-refractivity contribution in [3.63, 3.8) is 0 Å². The molecule has 3 aromatic rings. The number of halogens is 3. The number of hydrogen-bond acceptors (Lipinski definition) is 3. The normalized spacial score (nSPS) is 15.8. The second-order valence-electron chi connectivity index (χ2n) is 7.03. The average Bonchev–Trinajstić information content (AvgIpc) is 3.14. The van der Waals surface area contributed by atoms with Crippen molar-refractivity contribution in [1.29, 1.82) is 0 Å². The molecule has 0 saturated heterocycles. The lowest BCUT2D eigenvalue weighted by Gasteiger charge is -2.19. The average molecular weight is 416 g/mol. The summed E-state index contributed by atoms with van der Waals surface area (Å²) in [6.45, 7) is 5.42. The van der Waals surface area contributed by atoms with Crippen LogP contribution in [0.2, 0.25) is 0 Å². The Bertz CT molecular complexity index is 1030. The molecule has 1 N–H and O–H groups in total. The summed E-state index contributed by atoms with van der Waals surface area (Å²) >= 11 is 0. The molecule has 158 valence electrons. The van der Waals surface area contributed by atoms with E-state index in [-0.39, 0.29) is 6.04 Å². The predicted octanol–water partition coefficient (Wildman–Crippen LogP) is 5.49. The highest BCUT2D eigenvalue weighted by Gasteiger charge is 2.31. The molecule has 0 bridgehead atoms. The van der Waals surface area contributed by atoms with Gasteiger partial charge in [-0.05, 0) is 55.3 Å². The molecule has 30 heavy (non-hydrogen) atoms. The van der Waals surface area contributed by atoms with E-state index < -0.39 is 11.7 Å². The first-order chi connectivity index (χ1) is 14.4. The molecule has 1 aliphatic rings. The van der Waals surface area contributed by atoms with Crippen LogP contribution in [0, 0.1) is 0 Å². The van der Waals surface area contributed by atoms with Crippen molar-refractivity contribution in [1.82, 2.24) is 9.88 Å². The van der Waals surface area contributed by atoms with Crippen molar-refractivity contribution in [2.45, 2.75) is 32.6 Å². The zero-order valence-electron chi connectivity index (χ0n) is 16.8. The summed E-state index contributed by atoms with van der Waals surface area (Å²) in [5.74, 6) is 1.35. The van der Waals surface area contributed by atoms with Crippen LogP contribution in [0.25, 0.3) is 5.69 Å². The fourth-order valence-corrected chi connectivity index (χ4v) is 3.81. The van der Waals surface area contributed by atoms with Gasteiger partial charge in [-0.2, -0.15) is 13.2 Å². The Kier molecular flexibility index (Phi) is 5.47. The van der Waals surface area contributed by atoms with Gasteiger partial charge in [0.25, 0.3) is 0 Å². The number of aromatic nitrogens is 1. The van der Waals surface area contributed by atoms with Crippen molar-refractivity contribution < 1.29 is 22.6 Å². The van der Waals surface area contributed by atoms with Crippen molar-refractivity contribution in [3.05, 3.63) is 77.1 Å². The van der Waals surface area contributed by atoms with E-state index in [1.54, 1.807) is 0 Å². The van der Waals surface area contributed by atoms with Crippen molar-refractivity contribution >= 4 is 0 Å². The molecular weight excluding hydrogens is 393 g/mol. The number of nitrogens with zero attached hydrogens (tertiary/aromatic N) is 1. The monoisotopic (exact) mass is 416 g/mol.